The van der Waals surface area contributed by atoms with Gasteiger partial charge < -0.3 is 25.3 Å². The van der Waals surface area contributed by atoms with Gasteiger partial charge >= 0.3 is 5.97 Å². The Morgan fingerprint density at radius 1 is 1.16 bits per heavy atom. The van der Waals surface area contributed by atoms with Crippen molar-refractivity contribution >= 4 is 16.9 Å². The fraction of sp³-hybridized carbons (Fsp3) is 0.444. The molecular weight excluding hydrogens is 324 g/mol. The Morgan fingerprint density at radius 2 is 1.88 bits per heavy atom. The Kier molecular flexibility index (Phi) is 7.12. The first-order chi connectivity index (χ1) is 12.1. The van der Waals surface area contributed by atoms with Crippen LogP contribution in [0.1, 0.15) is 28.4 Å². The van der Waals surface area contributed by atoms with Crippen LogP contribution < -0.4 is 11.2 Å². The Labute approximate surface area is 145 Å². The Hall–Kier alpha value is -2.22. The van der Waals surface area contributed by atoms with Gasteiger partial charge in [0.05, 0.1) is 26.4 Å². The molecule has 0 spiro atoms. The number of carboxylic acids is 1. The average molecular weight is 348 g/mol. The summed E-state index contributed by atoms with van der Waals surface area (Å²) in [7, 11) is 0. The molecule has 0 atom stereocenters. The van der Waals surface area contributed by atoms with E-state index in [2.05, 4.69) is 4.98 Å². The second kappa shape index (κ2) is 9.31. The molecule has 1 heterocycles. The van der Waals surface area contributed by atoms with Gasteiger partial charge in [-0.25, -0.2) is 4.79 Å². The first-order valence-electron chi connectivity index (χ1n) is 8.34. The van der Waals surface area contributed by atoms with Crippen LogP contribution in [0.5, 0.6) is 0 Å². The summed E-state index contributed by atoms with van der Waals surface area (Å²) in [4.78, 5) is 26.4. The molecule has 0 saturated carbocycles. The highest BCUT2D eigenvalue weighted by Gasteiger charge is 2.13. The zero-order valence-electron chi connectivity index (χ0n) is 14.3. The first kappa shape index (κ1) is 19.1. The average Bonchev–Trinajstić information content (AvgIpc) is 2.60. The lowest BCUT2D eigenvalue weighted by Gasteiger charge is -2.11. The van der Waals surface area contributed by atoms with E-state index in [0.29, 0.717) is 50.3 Å². The predicted molar refractivity (Wildman–Crippen MR) is 95.3 cm³/mol. The van der Waals surface area contributed by atoms with Crippen molar-refractivity contribution in [1.82, 2.24) is 4.98 Å². The molecular formula is C18H24N2O5. The number of hydrogen-bond donors (Lipinski definition) is 3. The first-order valence-corrected chi connectivity index (χ1v) is 8.34. The molecule has 4 N–H and O–H groups in total. The molecule has 0 radical (unpaired) electrons. The second-order valence-corrected chi connectivity index (χ2v) is 5.62. The predicted octanol–water partition coefficient (Wildman–Crippen LogP) is 1.32. The summed E-state index contributed by atoms with van der Waals surface area (Å²) in [6.07, 6.45) is 2.71. The number of nitrogens with one attached hydrogen (secondary N) is 1. The van der Waals surface area contributed by atoms with Gasteiger partial charge in [-0.3, -0.25) is 4.79 Å². The summed E-state index contributed by atoms with van der Waals surface area (Å²) >= 11 is 0. The Morgan fingerprint density at radius 3 is 2.52 bits per heavy atom. The van der Waals surface area contributed by atoms with Crippen LogP contribution in [0, 0.1) is 0 Å². The number of ether oxygens (including phenoxy) is 2. The molecule has 0 fully saturated rings. The molecule has 25 heavy (non-hydrogen) atoms. The number of carbonyl (C=O) groups is 1. The maximum absolute atomic E-state index is 12.3. The van der Waals surface area contributed by atoms with Crippen molar-refractivity contribution in [1.29, 1.82) is 0 Å². The number of benzene rings is 1. The van der Waals surface area contributed by atoms with Crippen LogP contribution in [-0.4, -0.2) is 49.0 Å². The van der Waals surface area contributed by atoms with Crippen LogP contribution in [0.4, 0.5) is 0 Å². The van der Waals surface area contributed by atoms with Crippen molar-refractivity contribution in [2.45, 2.75) is 19.8 Å². The van der Waals surface area contributed by atoms with Crippen molar-refractivity contribution < 1.29 is 19.4 Å². The molecule has 0 bridgehead atoms. The van der Waals surface area contributed by atoms with E-state index >= 15 is 0 Å². The summed E-state index contributed by atoms with van der Waals surface area (Å²) in [5.41, 5.74) is 7.35. The number of H-pyrrole nitrogens is 1. The van der Waals surface area contributed by atoms with Crippen molar-refractivity contribution in [2.24, 2.45) is 5.73 Å². The lowest BCUT2D eigenvalue weighted by atomic mass is 9.99. The van der Waals surface area contributed by atoms with E-state index in [0.717, 1.165) is 17.5 Å². The number of carboxylic acid groups (broad SMARTS) is 1. The Balaban J connectivity index is 2.13. The van der Waals surface area contributed by atoms with Gasteiger partial charge in [0.15, 0.2) is 0 Å². The van der Waals surface area contributed by atoms with Gasteiger partial charge in [-0.05, 0) is 36.1 Å². The van der Waals surface area contributed by atoms with E-state index in [1.807, 2.05) is 13.0 Å². The van der Waals surface area contributed by atoms with E-state index in [1.165, 1.54) is 6.20 Å². The molecule has 0 aliphatic rings. The number of aromatic carboxylic acids is 1. The lowest BCUT2D eigenvalue weighted by Crippen LogP contribution is -2.16. The maximum Gasteiger partial charge on any atom is 0.341 e. The van der Waals surface area contributed by atoms with Crippen LogP contribution in [-0.2, 0) is 22.3 Å². The fourth-order valence-electron chi connectivity index (χ4n) is 2.67. The lowest BCUT2D eigenvalue weighted by molar-refractivity contribution is 0.0519. The summed E-state index contributed by atoms with van der Waals surface area (Å²) in [5.74, 6) is -1.23. The van der Waals surface area contributed by atoms with Crippen molar-refractivity contribution in [2.75, 3.05) is 33.0 Å². The highest BCUT2D eigenvalue weighted by atomic mass is 16.5. The number of rotatable bonds is 10. The number of aromatic amines is 1. The summed E-state index contributed by atoms with van der Waals surface area (Å²) < 4.78 is 10.8. The molecule has 1 aromatic heterocycles. The molecule has 0 unspecified atom stereocenters. The van der Waals surface area contributed by atoms with E-state index in [9.17, 15) is 9.59 Å². The third kappa shape index (κ3) is 4.88. The smallest absolute Gasteiger partial charge is 0.341 e. The van der Waals surface area contributed by atoms with Gasteiger partial charge in [0.1, 0.15) is 5.56 Å². The van der Waals surface area contributed by atoms with E-state index in [4.69, 9.17) is 20.3 Å². The van der Waals surface area contributed by atoms with Crippen molar-refractivity contribution in [3.05, 3.63) is 45.2 Å². The maximum atomic E-state index is 12.3. The van der Waals surface area contributed by atoms with Gasteiger partial charge in [-0.15, -0.1) is 0 Å². The topological polar surface area (TPSA) is 115 Å². The molecule has 7 heteroatoms. The molecule has 7 nitrogen and oxygen atoms in total. The van der Waals surface area contributed by atoms with Crippen LogP contribution in [0.3, 0.4) is 0 Å². The number of nitrogens with two attached hydrogens (primary N) is 1. The standard InChI is InChI=1S/C18H24N2O5/c1-2-12-10-16-14(17(21)15(11-20-16)18(22)23)9-13(12)3-5-24-7-8-25-6-4-19/h9-11H,2-8,19H2,1H3,(H,20,21)(H,22,23). The highest BCUT2D eigenvalue weighted by molar-refractivity contribution is 5.92. The summed E-state index contributed by atoms with van der Waals surface area (Å²) in [5, 5.41) is 9.48. The minimum absolute atomic E-state index is 0.254. The number of aryl methyl sites for hydroxylation is 1. The molecule has 0 saturated heterocycles. The molecule has 2 rings (SSSR count). The number of hydrogen-bond acceptors (Lipinski definition) is 5. The van der Waals surface area contributed by atoms with Gasteiger partial charge in [0.25, 0.3) is 0 Å². The van der Waals surface area contributed by atoms with Gasteiger partial charge in [-0.2, -0.15) is 0 Å². The van der Waals surface area contributed by atoms with Crippen molar-refractivity contribution in [3.8, 4) is 0 Å². The summed E-state index contributed by atoms with van der Waals surface area (Å²) in [6, 6.07) is 3.68. The monoisotopic (exact) mass is 348 g/mol. The number of fused-ring (bicyclic) bond motifs is 1. The van der Waals surface area contributed by atoms with Gasteiger partial charge in [-0.1, -0.05) is 6.92 Å². The van der Waals surface area contributed by atoms with Crippen molar-refractivity contribution in [3.63, 3.8) is 0 Å². The van der Waals surface area contributed by atoms with E-state index in [-0.39, 0.29) is 5.56 Å². The third-order valence-corrected chi connectivity index (χ3v) is 3.96. The van der Waals surface area contributed by atoms with Crippen LogP contribution in [0.2, 0.25) is 0 Å². The molecule has 1 aromatic carbocycles. The zero-order chi connectivity index (χ0) is 18.2. The molecule has 0 aliphatic carbocycles. The largest absolute Gasteiger partial charge is 0.477 e. The molecule has 0 aliphatic heterocycles. The third-order valence-electron chi connectivity index (χ3n) is 3.96. The number of pyridine rings is 1. The summed E-state index contributed by atoms with van der Waals surface area (Å²) in [6.45, 7) is 4.53. The van der Waals surface area contributed by atoms with Crippen LogP contribution in [0.25, 0.3) is 10.9 Å². The highest BCUT2D eigenvalue weighted by Crippen LogP contribution is 2.18. The van der Waals surface area contributed by atoms with Crippen LogP contribution >= 0.6 is 0 Å². The van der Waals surface area contributed by atoms with E-state index < -0.39 is 11.4 Å². The normalized spacial score (nSPS) is 11.1. The fourth-order valence-corrected chi connectivity index (χ4v) is 2.67. The Bertz CT molecular complexity index is 785. The van der Waals surface area contributed by atoms with Gasteiger partial charge in [0.2, 0.25) is 5.43 Å². The quantitative estimate of drug-likeness (QED) is 0.558. The minimum atomic E-state index is -1.23. The van der Waals surface area contributed by atoms with E-state index in [1.54, 1.807) is 6.07 Å². The molecule has 0 amide bonds. The zero-order valence-corrected chi connectivity index (χ0v) is 14.3. The minimum Gasteiger partial charge on any atom is -0.477 e. The van der Waals surface area contributed by atoms with Gasteiger partial charge in [0, 0.05) is 23.6 Å². The molecule has 2 aromatic rings. The number of aromatic nitrogens is 1. The SMILES string of the molecule is CCc1cc2[nH]cc(C(=O)O)c(=O)c2cc1CCOCCOCCN. The van der Waals surface area contributed by atoms with Crippen LogP contribution in [0.15, 0.2) is 23.1 Å². The molecule has 136 valence electrons. The second-order valence-electron chi connectivity index (χ2n) is 5.62.